The molecule has 0 saturated heterocycles. The number of hydrogen-bond donors (Lipinski definition) is 1. The lowest BCUT2D eigenvalue weighted by Gasteiger charge is -2.10. The molecule has 3 aromatic rings. The first-order chi connectivity index (χ1) is 13.2. The molecule has 0 amide bonds. The van der Waals surface area contributed by atoms with E-state index in [-0.39, 0.29) is 5.75 Å². The number of halogens is 1. The number of benzene rings is 3. The van der Waals surface area contributed by atoms with Crippen LogP contribution in [0.1, 0.15) is 5.56 Å². The molecule has 0 aliphatic carbocycles. The Balaban J connectivity index is 1.62. The quantitative estimate of drug-likeness (QED) is 0.264. The smallest absolute Gasteiger partial charge is 0.170 e. The van der Waals surface area contributed by atoms with E-state index in [1.165, 1.54) is 13.2 Å². The monoisotopic (exact) mass is 480 g/mol. The second kappa shape index (κ2) is 9.33. The van der Waals surface area contributed by atoms with Gasteiger partial charge in [0.25, 0.3) is 0 Å². The first kappa shape index (κ1) is 19.1. The minimum absolute atomic E-state index is 0.0230. The molecular weight excluding hydrogens is 463 g/mol. The van der Waals surface area contributed by atoms with Gasteiger partial charge in [-0.3, -0.25) is 0 Å². The predicted molar refractivity (Wildman–Crippen MR) is 108 cm³/mol. The molecule has 0 saturated carbocycles. The van der Waals surface area contributed by atoms with Crippen molar-refractivity contribution in [2.24, 2.45) is 0 Å². The van der Waals surface area contributed by atoms with E-state index < -0.39 is 0 Å². The molecule has 0 aromatic heterocycles. The zero-order valence-electron chi connectivity index (χ0n) is 14.4. The highest BCUT2D eigenvalue weighted by molar-refractivity contribution is 14.1. The zero-order chi connectivity index (χ0) is 19.1. The highest BCUT2D eigenvalue weighted by Crippen LogP contribution is 2.32. The van der Waals surface area contributed by atoms with Gasteiger partial charge < -0.3 is 24.2 Å². The molecule has 27 heavy (non-hydrogen) atoms. The zero-order valence-corrected chi connectivity index (χ0v) is 16.6. The van der Waals surface area contributed by atoms with Crippen LogP contribution in [0.15, 0.2) is 66.7 Å². The Morgan fingerprint density at radius 2 is 1.56 bits per heavy atom. The number of methoxy groups -OCH3 is 1. The summed E-state index contributed by atoms with van der Waals surface area (Å²) in [6.07, 6.45) is 0. The standard InChI is InChI=1S/C20H17IO6/c1-23-20-10-9-18(12-19(20)22)25-17-4-2-3-14(11-17)13-24-15-5-7-16(8-6-15)26-27-21/h2-12,22H,13H2,1H3. The van der Waals surface area contributed by atoms with Crippen LogP contribution in [0, 0.1) is 0 Å². The second-order valence-corrected chi connectivity index (χ2v) is 5.85. The number of phenols is 1. The average Bonchev–Trinajstić information content (AvgIpc) is 2.68. The molecule has 6 nitrogen and oxygen atoms in total. The first-order valence-electron chi connectivity index (χ1n) is 8.00. The third-order valence-corrected chi connectivity index (χ3v) is 3.82. The van der Waals surface area contributed by atoms with Gasteiger partial charge in [0.15, 0.2) is 40.3 Å². The van der Waals surface area contributed by atoms with Gasteiger partial charge in [0.1, 0.15) is 23.9 Å². The summed E-state index contributed by atoms with van der Waals surface area (Å²) in [4.78, 5) is 4.91. The van der Waals surface area contributed by atoms with Gasteiger partial charge in [-0.1, -0.05) is 12.1 Å². The minimum atomic E-state index is 0.0230. The summed E-state index contributed by atoms with van der Waals surface area (Å²) in [5, 5.41) is 9.85. The molecule has 0 aliphatic rings. The van der Waals surface area contributed by atoms with E-state index in [2.05, 4.69) is 3.22 Å². The highest BCUT2D eigenvalue weighted by atomic mass is 127. The number of rotatable bonds is 8. The molecule has 0 spiro atoms. The van der Waals surface area contributed by atoms with Crippen molar-refractivity contribution < 1.29 is 27.4 Å². The van der Waals surface area contributed by atoms with Crippen LogP contribution < -0.4 is 19.1 Å². The van der Waals surface area contributed by atoms with E-state index in [1.54, 1.807) is 59.4 Å². The normalized spacial score (nSPS) is 10.3. The van der Waals surface area contributed by atoms with E-state index in [0.29, 0.717) is 35.4 Å². The van der Waals surface area contributed by atoms with Gasteiger partial charge in [-0.2, -0.15) is 0 Å². The fraction of sp³-hybridized carbons (Fsp3) is 0.100. The van der Waals surface area contributed by atoms with E-state index in [4.69, 9.17) is 19.1 Å². The van der Waals surface area contributed by atoms with Crippen molar-refractivity contribution in [3.8, 4) is 34.5 Å². The first-order valence-corrected chi connectivity index (χ1v) is 8.88. The number of hydrogen-bond acceptors (Lipinski definition) is 6. The minimum Gasteiger partial charge on any atom is -0.504 e. The van der Waals surface area contributed by atoms with Gasteiger partial charge in [0.2, 0.25) is 0 Å². The fourth-order valence-electron chi connectivity index (χ4n) is 2.36. The summed E-state index contributed by atoms with van der Waals surface area (Å²) in [5.74, 6) is 2.88. The predicted octanol–water partition coefficient (Wildman–Crippen LogP) is 5.43. The molecule has 140 valence electrons. The lowest BCUT2D eigenvalue weighted by atomic mass is 10.2. The van der Waals surface area contributed by atoms with E-state index >= 15 is 0 Å². The molecule has 0 unspecified atom stereocenters. The molecule has 0 atom stereocenters. The van der Waals surface area contributed by atoms with Crippen LogP contribution in [0.2, 0.25) is 0 Å². The lowest BCUT2D eigenvalue weighted by molar-refractivity contribution is -0.0472. The number of aromatic hydroxyl groups is 1. The van der Waals surface area contributed by atoms with Crippen molar-refractivity contribution in [1.29, 1.82) is 0 Å². The molecule has 0 heterocycles. The van der Waals surface area contributed by atoms with Gasteiger partial charge in [-0.15, -0.1) is 3.22 Å². The van der Waals surface area contributed by atoms with Gasteiger partial charge in [0, 0.05) is 6.07 Å². The third-order valence-electron chi connectivity index (χ3n) is 3.64. The Morgan fingerprint density at radius 3 is 2.26 bits per heavy atom. The van der Waals surface area contributed by atoms with Crippen molar-refractivity contribution in [3.63, 3.8) is 0 Å². The van der Waals surface area contributed by atoms with Crippen LogP contribution in [0.4, 0.5) is 0 Å². The average molecular weight is 480 g/mol. The molecule has 0 radical (unpaired) electrons. The second-order valence-electron chi connectivity index (χ2n) is 5.49. The van der Waals surface area contributed by atoms with Crippen molar-refractivity contribution in [2.75, 3.05) is 7.11 Å². The lowest BCUT2D eigenvalue weighted by Crippen LogP contribution is -1.96. The van der Waals surface area contributed by atoms with Crippen LogP contribution in [-0.4, -0.2) is 12.2 Å². The van der Waals surface area contributed by atoms with Gasteiger partial charge in [-0.25, -0.2) is 0 Å². The van der Waals surface area contributed by atoms with Crippen LogP contribution in [0.25, 0.3) is 0 Å². The van der Waals surface area contributed by atoms with E-state index in [9.17, 15) is 5.11 Å². The summed E-state index contributed by atoms with van der Waals surface area (Å²) < 4.78 is 21.2. The van der Waals surface area contributed by atoms with Crippen molar-refractivity contribution in [2.45, 2.75) is 6.61 Å². The molecular formula is C20H17IO6. The maximum atomic E-state index is 9.85. The molecule has 3 aromatic carbocycles. The number of ether oxygens (including phenoxy) is 3. The van der Waals surface area contributed by atoms with E-state index in [1.807, 2.05) is 24.3 Å². The van der Waals surface area contributed by atoms with Gasteiger partial charge in [0.05, 0.1) is 7.11 Å². The fourth-order valence-corrected chi connectivity index (χ4v) is 2.57. The summed E-state index contributed by atoms with van der Waals surface area (Å²) in [5.41, 5.74) is 0.946. The molecule has 7 heteroatoms. The summed E-state index contributed by atoms with van der Waals surface area (Å²) in [7, 11) is 1.50. The third kappa shape index (κ3) is 5.41. The molecule has 3 rings (SSSR count). The Labute approximate surface area is 170 Å². The van der Waals surface area contributed by atoms with Crippen LogP contribution in [-0.2, 0) is 9.82 Å². The van der Waals surface area contributed by atoms with Gasteiger partial charge in [-0.05, 0) is 54.1 Å². The highest BCUT2D eigenvalue weighted by Gasteiger charge is 2.05. The summed E-state index contributed by atoms with van der Waals surface area (Å²) in [6.45, 7) is 0.383. The maximum absolute atomic E-state index is 9.85. The van der Waals surface area contributed by atoms with Crippen molar-refractivity contribution in [3.05, 3.63) is 72.3 Å². The topological polar surface area (TPSA) is 66.4 Å². The van der Waals surface area contributed by atoms with Crippen LogP contribution in [0.3, 0.4) is 0 Å². The largest absolute Gasteiger partial charge is 0.504 e. The SMILES string of the molecule is COc1ccc(Oc2cccc(COc3ccc(OOI)cc3)c2)cc1O. The maximum Gasteiger partial charge on any atom is 0.170 e. The Hall–Kier alpha value is -2.65. The summed E-state index contributed by atoms with van der Waals surface area (Å²) >= 11 is 1.65. The van der Waals surface area contributed by atoms with Crippen LogP contribution in [0.5, 0.6) is 34.5 Å². The van der Waals surface area contributed by atoms with E-state index in [0.717, 1.165) is 5.56 Å². The Morgan fingerprint density at radius 1 is 0.852 bits per heavy atom. The van der Waals surface area contributed by atoms with Crippen molar-refractivity contribution >= 4 is 23.0 Å². The van der Waals surface area contributed by atoms with Gasteiger partial charge >= 0.3 is 0 Å². The Kier molecular flexibility index (Phi) is 6.61. The van der Waals surface area contributed by atoms with Crippen molar-refractivity contribution in [1.82, 2.24) is 0 Å². The van der Waals surface area contributed by atoms with Crippen LogP contribution >= 0.6 is 23.0 Å². The molecule has 1 N–H and O–H groups in total. The molecule has 0 bridgehead atoms. The summed E-state index contributed by atoms with van der Waals surface area (Å²) in [6, 6.07) is 19.5. The Bertz CT molecular complexity index is 882. The number of phenolic OH excluding ortho intramolecular Hbond substituents is 1. The molecule has 0 aliphatic heterocycles. The molecule has 0 fully saturated rings.